The van der Waals surface area contributed by atoms with Crippen molar-refractivity contribution in [2.75, 3.05) is 7.05 Å². The van der Waals surface area contributed by atoms with Crippen molar-refractivity contribution in [3.05, 3.63) is 33.8 Å². The second-order valence-corrected chi connectivity index (χ2v) is 4.64. The SMILES string of the molecule is CN(Cc1cccc(Cl)c1Cl)C1CC1. The molecule has 0 radical (unpaired) electrons. The lowest BCUT2D eigenvalue weighted by atomic mass is 10.2. The minimum Gasteiger partial charge on any atom is -0.299 e. The van der Waals surface area contributed by atoms with Crippen molar-refractivity contribution in [2.45, 2.75) is 25.4 Å². The van der Waals surface area contributed by atoms with Gasteiger partial charge in [-0.3, -0.25) is 4.90 Å². The molecule has 1 aromatic rings. The molecular weight excluding hydrogens is 217 g/mol. The Morgan fingerprint density at radius 3 is 2.71 bits per heavy atom. The summed E-state index contributed by atoms with van der Waals surface area (Å²) >= 11 is 12.0. The molecule has 1 aliphatic rings. The van der Waals surface area contributed by atoms with Crippen molar-refractivity contribution in [2.24, 2.45) is 0 Å². The zero-order valence-electron chi connectivity index (χ0n) is 8.13. The molecule has 1 aliphatic carbocycles. The van der Waals surface area contributed by atoms with Crippen molar-refractivity contribution in [3.63, 3.8) is 0 Å². The van der Waals surface area contributed by atoms with Crippen LogP contribution in [0, 0.1) is 0 Å². The molecular formula is C11H13Cl2N. The molecule has 0 bridgehead atoms. The first-order valence-electron chi connectivity index (χ1n) is 4.81. The van der Waals surface area contributed by atoms with Gasteiger partial charge in [-0.1, -0.05) is 35.3 Å². The fraction of sp³-hybridized carbons (Fsp3) is 0.455. The van der Waals surface area contributed by atoms with Gasteiger partial charge in [-0.05, 0) is 31.5 Å². The molecule has 2 rings (SSSR count). The molecule has 0 heterocycles. The maximum Gasteiger partial charge on any atom is 0.0637 e. The highest BCUT2D eigenvalue weighted by molar-refractivity contribution is 6.42. The van der Waals surface area contributed by atoms with Crippen molar-refractivity contribution < 1.29 is 0 Å². The van der Waals surface area contributed by atoms with Crippen LogP contribution in [0.3, 0.4) is 0 Å². The zero-order valence-corrected chi connectivity index (χ0v) is 9.65. The molecule has 0 N–H and O–H groups in total. The topological polar surface area (TPSA) is 3.24 Å². The lowest BCUT2D eigenvalue weighted by Gasteiger charge is -2.16. The van der Waals surface area contributed by atoms with Crippen molar-refractivity contribution in [1.29, 1.82) is 0 Å². The van der Waals surface area contributed by atoms with Crippen LogP contribution in [0.2, 0.25) is 10.0 Å². The standard InChI is InChI=1S/C11H13Cl2N/c1-14(9-5-6-9)7-8-3-2-4-10(12)11(8)13/h2-4,9H,5-7H2,1H3. The highest BCUT2D eigenvalue weighted by Gasteiger charge is 2.26. The van der Waals surface area contributed by atoms with E-state index >= 15 is 0 Å². The first-order valence-corrected chi connectivity index (χ1v) is 5.57. The van der Waals surface area contributed by atoms with Gasteiger partial charge in [-0.15, -0.1) is 0 Å². The van der Waals surface area contributed by atoms with E-state index in [2.05, 4.69) is 11.9 Å². The smallest absolute Gasteiger partial charge is 0.0637 e. The lowest BCUT2D eigenvalue weighted by molar-refractivity contribution is 0.316. The maximum absolute atomic E-state index is 6.10. The number of hydrogen-bond donors (Lipinski definition) is 0. The quantitative estimate of drug-likeness (QED) is 0.766. The molecule has 0 amide bonds. The van der Waals surface area contributed by atoms with Gasteiger partial charge in [-0.2, -0.15) is 0 Å². The summed E-state index contributed by atoms with van der Waals surface area (Å²) in [4.78, 5) is 2.33. The zero-order chi connectivity index (χ0) is 10.1. The molecule has 3 heteroatoms. The molecule has 1 fully saturated rings. The number of benzene rings is 1. The van der Waals surface area contributed by atoms with Gasteiger partial charge in [0, 0.05) is 12.6 Å². The van der Waals surface area contributed by atoms with Crippen molar-refractivity contribution in [1.82, 2.24) is 4.90 Å². The van der Waals surface area contributed by atoms with E-state index in [0.29, 0.717) is 10.0 Å². The monoisotopic (exact) mass is 229 g/mol. The summed E-state index contributed by atoms with van der Waals surface area (Å²) in [7, 11) is 2.13. The fourth-order valence-electron chi connectivity index (χ4n) is 1.58. The number of hydrogen-bond acceptors (Lipinski definition) is 1. The molecule has 1 aromatic carbocycles. The van der Waals surface area contributed by atoms with Crippen molar-refractivity contribution >= 4 is 23.2 Å². The first kappa shape index (κ1) is 10.3. The summed E-state index contributed by atoms with van der Waals surface area (Å²) in [5.41, 5.74) is 1.12. The predicted molar refractivity (Wildman–Crippen MR) is 61.0 cm³/mol. The van der Waals surface area contributed by atoms with Gasteiger partial charge in [-0.25, -0.2) is 0 Å². The Hall–Kier alpha value is -0.240. The summed E-state index contributed by atoms with van der Waals surface area (Å²) in [6.07, 6.45) is 2.63. The summed E-state index contributed by atoms with van der Waals surface area (Å²) in [6.45, 7) is 0.893. The van der Waals surface area contributed by atoms with Gasteiger partial charge in [0.25, 0.3) is 0 Å². The van der Waals surface area contributed by atoms with E-state index in [1.54, 1.807) is 0 Å². The third-order valence-corrected chi connectivity index (χ3v) is 3.48. The first-order chi connectivity index (χ1) is 6.68. The molecule has 0 aliphatic heterocycles. The Kier molecular flexibility index (Phi) is 3.01. The second kappa shape index (κ2) is 4.09. The predicted octanol–water partition coefficient (Wildman–Crippen LogP) is 3.59. The van der Waals surface area contributed by atoms with E-state index < -0.39 is 0 Å². The van der Waals surface area contributed by atoms with Gasteiger partial charge >= 0.3 is 0 Å². The van der Waals surface area contributed by atoms with Crippen LogP contribution in [0.1, 0.15) is 18.4 Å². The van der Waals surface area contributed by atoms with E-state index in [1.165, 1.54) is 12.8 Å². The van der Waals surface area contributed by atoms with E-state index in [0.717, 1.165) is 18.2 Å². The maximum atomic E-state index is 6.10. The number of halogens is 2. The molecule has 1 saturated carbocycles. The summed E-state index contributed by atoms with van der Waals surface area (Å²) in [5.74, 6) is 0. The van der Waals surface area contributed by atoms with E-state index in [9.17, 15) is 0 Å². The summed E-state index contributed by atoms with van der Waals surface area (Å²) in [6, 6.07) is 6.56. The second-order valence-electron chi connectivity index (χ2n) is 3.86. The van der Waals surface area contributed by atoms with E-state index in [-0.39, 0.29) is 0 Å². The third-order valence-electron chi connectivity index (χ3n) is 2.62. The molecule has 0 spiro atoms. The molecule has 0 unspecified atom stereocenters. The molecule has 76 valence electrons. The number of rotatable bonds is 3. The van der Waals surface area contributed by atoms with Crippen LogP contribution in [0.5, 0.6) is 0 Å². The third kappa shape index (κ3) is 2.22. The van der Waals surface area contributed by atoms with Crippen LogP contribution in [0.4, 0.5) is 0 Å². The van der Waals surface area contributed by atoms with Crippen molar-refractivity contribution in [3.8, 4) is 0 Å². The number of nitrogens with zero attached hydrogens (tertiary/aromatic N) is 1. The average molecular weight is 230 g/mol. The highest BCUT2D eigenvalue weighted by Crippen LogP contribution is 2.30. The average Bonchev–Trinajstić information content (AvgIpc) is 2.95. The Morgan fingerprint density at radius 2 is 2.07 bits per heavy atom. The van der Waals surface area contributed by atoms with Crippen LogP contribution in [0.15, 0.2) is 18.2 Å². The minimum atomic E-state index is 0.647. The van der Waals surface area contributed by atoms with Crippen LogP contribution in [-0.4, -0.2) is 18.0 Å². The summed E-state index contributed by atoms with van der Waals surface area (Å²) in [5, 5.41) is 1.34. The molecule has 1 nitrogen and oxygen atoms in total. The van der Waals surface area contributed by atoms with Gasteiger partial charge in [0.2, 0.25) is 0 Å². The van der Waals surface area contributed by atoms with Crippen LogP contribution < -0.4 is 0 Å². The van der Waals surface area contributed by atoms with Gasteiger partial charge < -0.3 is 0 Å². The normalized spacial score (nSPS) is 16.3. The van der Waals surface area contributed by atoms with Gasteiger partial charge in [0.1, 0.15) is 0 Å². The summed E-state index contributed by atoms with van der Waals surface area (Å²) < 4.78 is 0. The molecule has 14 heavy (non-hydrogen) atoms. The molecule has 0 aromatic heterocycles. The van der Waals surface area contributed by atoms with Gasteiger partial charge in [0.15, 0.2) is 0 Å². The Balaban J connectivity index is 2.11. The van der Waals surface area contributed by atoms with E-state index in [1.807, 2.05) is 18.2 Å². The molecule has 0 atom stereocenters. The van der Waals surface area contributed by atoms with Crippen LogP contribution >= 0.6 is 23.2 Å². The fourth-order valence-corrected chi connectivity index (χ4v) is 1.96. The highest BCUT2D eigenvalue weighted by atomic mass is 35.5. The van der Waals surface area contributed by atoms with Gasteiger partial charge in [0.05, 0.1) is 10.0 Å². The van der Waals surface area contributed by atoms with Crippen LogP contribution in [-0.2, 0) is 6.54 Å². The molecule has 0 saturated heterocycles. The lowest BCUT2D eigenvalue weighted by Crippen LogP contribution is -2.20. The minimum absolute atomic E-state index is 0.647. The Morgan fingerprint density at radius 1 is 1.36 bits per heavy atom. The Bertz CT molecular complexity index is 334. The Labute approximate surface area is 94.6 Å². The van der Waals surface area contributed by atoms with E-state index in [4.69, 9.17) is 23.2 Å². The van der Waals surface area contributed by atoms with Crippen LogP contribution in [0.25, 0.3) is 0 Å². The largest absolute Gasteiger partial charge is 0.299 e.